The van der Waals surface area contributed by atoms with Crippen LogP contribution in [0, 0.1) is 30.4 Å². The number of nitrogens with zero attached hydrogens (tertiary/aromatic N) is 1. The number of nitrogens with one attached hydrogen (secondary N) is 1. The largest absolute Gasteiger partial charge is 0.352 e. The smallest absolute Gasteiger partial charge is 0.226 e. The summed E-state index contributed by atoms with van der Waals surface area (Å²) < 4.78 is 27.5. The maximum Gasteiger partial charge on any atom is 0.226 e. The summed E-state index contributed by atoms with van der Waals surface area (Å²) in [4.78, 5) is 27.5. The zero-order valence-electron chi connectivity index (χ0n) is 17.0. The monoisotopic (exact) mass is 412 g/mol. The second kappa shape index (κ2) is 8.54. The van der Waals surface area contributed by atoms with Crippen LogP contribution in [0.1, 0.15) is 48.4 Å². The van der Waals surface area contributed by atoms with Crippen molar-refractivity contribution >= 4 is 11.8 Å². The number of hydrogen-bond donors (Lipinski definition) is 1. The Kier molecular flexibility index (Phi) is 5.84. The van der Waals surface area contributed by atoms with E-state index in [0.29, 0.717) is 30.5 Å². The third kappa shape index (κ3) is 4.37. The van der Waals surface area contributed by atoms with Gasteiger partial charge in [0, 0.05) is 24.6 Å². The van der Waals surface area contributed by atoms with Gasteiger partial charge in [-0.2, -0.15) is 0 Å². The summed E-state index contributed by atoms with van der Waals surface area (Å²) >= 11 is 0. The minimum absolute atomic E-state index is 0.0364. The van der Waals surface area contributed by atoms with E-state index in [1.54, 1.807) is 42.2 Å². The molecule has 1 saturated carbocycles. The second-order valence-electron chi connectivity index (χ2n) is 8.37. The van der Waals surface area contributed by atoms with Crippen molar-refractivity contribution < 1.29 is 18.4 Å². The lowest BCUT2D eigenvalue weighted by Gasteiger charge is -2.40. The summed E-state index contributed by atoms with van der Waals surface area (Å²) in [6.45, 7) is 2.17. The first kappa shape index (κ1) is 20.5. The minimum Gasteiger partial charge on any atom is -0.352 e. The van der Waals surface area contributed by atoms with Crippen molar-refractivity contribution in [2.24, 2.45) is 11.8 Å². The molecular weight excluding hydrogens is 386 g/mol. The zero-order chi connectivity index (χ0) is 21.3. The van der Waals surface area contributed by atoms with Crippen molar-refractivity contribution in [2.75, 3.05) is 6.54 Å². The molecule has 0 aromatic heterocycles. The highest BCUT2D eigenvalue weighted by Gasteiger charge is 2.41. The lowest BCUT2D eigenvalue weighted by molar-refractivity contribution is -0.140. The zero-order valence-corrected chi connectivity index (χ0v) is 17.0. The topological polar surface area (TPSA) is 49.4 Å². The second-order valence-corrected chi connectivity index (χ2v) is 8.37. The summed E-state index contributed by atoms with van der Waals surface area (Å²) in [6.07, 6.45) is 3.03. The lowest BCUT2D eigenvalue weighted by Crippen LogP contribution is -2.47. The van der Waals surface area contributed by atoms with E-state index in [0.717, 1.165) is 18.4 Å². The molecule has 158 valence electrons. The van der Waals surface area contributed by atoms with Gasteiger partial charge in [-0.3, -0.25) is 9.59 Å². The molecule has 0 radical (unpaired) electrons. The molecule has 2 fully saturated rings. The van der Waals surface area contributed by atoms with Crippen LogP contribution >= 0.6 is 0 Å². The number of rotatable bonds is 5. The highest BCUT2D eigenvalue weighted by molar-refractivity contribution is 5.84. The van der Waals surface area contributed by atoms with Crippen LogP contribution in [0.5, 0.6) is 0 Å². The molecule has 2 amide bonds. The number of carbonyl (C=O) groups excluding carboxylic acids is 2. The molecule has 2 aliphatic rings. The van der Waals surface area contributed by atoms with Gasteiger partial charge in [-0.05, 0) is 55.9 Å². The van der Waals surface area contributed by atoms with E-state index in [9.17, 15) is 18.4 Å². The van der Waals surface area contributed by atoms with Gasteiger partial charge in [-0.25, -0.2) is 8.78 Å². The molecule has 4 rings (SSSR count). The van der Waals surface area contributed by atoms with Crippen LogP contribution in [0.15, 0.2) is 42.5 Å². The maximum absolute atomic E-state index is 13.8. The van der Waals surface area contributed by atoms with Crippen LogP contribution in [0.4, 0.5) is 8.78 Å². The number of likely N-dealkylation sites (tertiary alicyclic amines) is 1. The molecule has 2 aromatic rings. The van der Waals surface area contributed by atoms with Gasteiger partial charge in [0.15, 0.2) is 0 Å². The highest BCUT2D eigenvalue weighted by atomic mass is 19.1. The predicted molar refractivity (Wildman–Crippen MR) is 109 cm³/mol. The summed E-state index contributed by atoms with van der Waals surface area (Å²) in [5.74, 6) is -1.00. The normalized spacial score (nSPS) is 21.4. The van der Waals surface area contributed by atoms with Crippen LogP contribution in [0.25, 0.3) is 0 Å². The predicted octanol–water partition coefficient (Wildman–Crippen LogP) is 4.28. The third-order valence-electron chi connectivity index (χ3n) is 6.14. The van der Waals surface area contributed by atoms with Crippen LogP contribution in [-0.2, 0) is 16.1 Å². The van der Waals surface area contributed by atoms with Gasteiger partial charge in [0.2, 0.25) is 11.8 Å². The molecule has 30 heavy (non-hydrogen) atoms. The van der Waals surface area contributed by atoms with Crippen LogP contribution in [-0.4, -0.2) is 23.3 Å². The molecule has 1 aliphatic carbocycles. The summed E-state index contributed by atoms with van der Waals surface area (Å²) in [5, 5.41) is 2.82. The molecular formula is C24H26F2N2O2. The Bertz CT molecular complexity index is 958. The SMILES string of the molecule is Cc1cc([C@@H]2CC[C@@H](C(=O)NCc3ccccc3F)CN2C(=O)C2CC2)ccc1F. The molecule has 1 heterocycles. The van der Waals surface area contributed by atoms with E-state index in [1.165, 1.54) is 12.1 Å². The van der Waals surface area contributed by atoms with Crippen molar-refractivity contribution in [3.05, 3.63) is 70.8 Å². The Hall–Kier alpha value is -2.76. The minimum atomic E-state index is -0.348. The van der Waals surface area contributed by atoms with Crippen molar-refractivity contribution in [3.63, 3.8) is 0 Å². The number of halogens is 2. The number of amides is 2. The number of piperidine rings is 1. The van der Waals surface area contributed by atoms with Gasteiger partial charge in [0.05, 0.1) is 12.0 Å². The standard InChI is InChI=1S/C24H26F2N2O2/c1-15-12-17(8-10-20(15)25)22-11-9-19(14-28(22)24(30)16-6-7-16)23(29)27-13-18-4-2-3-5-21(18)26/h2-5,8,10,12,16,19,22H,6-7,9,11,13-14H2,1H3,(H,27,29)/t19-,22+/m1/s1. The maximum atomic E-state index is 13.8. The van der Waals surface area contributed by atoms with E-state index in [-0.39, 0.29) is 47.9 Å². The Morgan fingerprint density at radius 3 is 2.43 bits per heavy atom. The van der Waals surface area contributed by atoms with Gasteiger partial charge >= 0.3 is 0 Å². The van der Waals surface area contributed by atoms with E-state index in [4.69, 9.17) is 0 Å². The summed E-state index contributed by atoms with van der Waals surface area (Å²) in [7, 11) is 0. The lowest BCUT2D eigenvalue weighted by atomic mass is 9.87. The number of benzene rings is 2. The van der Waals surface area contributed by atoms with E-state index >= 15 is 0 Å². The van der Waals surface area contributed by atoms with Crippen molar-refractivity contribution in [3.8, 4) is 0 Å². The average molecular weight is 412 g/mol. The third-order valence-corrected chi connectivity index (χ3v) is 6.14. The summed E-state index contributed by atoms with van der Waals surface area (Å²) in [5.41, 5.74) is 1.90. The van der Waals surface area contributed by atoms with Crippen LogP contribution < -0.4 is 5.32 Å². The molecule has 0 spiro atoms. The number of aryl methyl sites for hydroxylation is 1. The van der Waals surface area contributed by atoms with E-state index in [2.05, 4.69) is 5.32 Å². The Morgan fingerprint density at radius 1 is 1.00 bits per heavy atom. The number of carbonyl (C=O) groups is 2. The highest BCUT2D eigenvalue weighted by Crippen LogP contribution is 2.39. The molecule has 6 heteroatoms. The molecule has 1 N–H and O–H groups in total. The molecule has 1 saturated heterocycles. The molecule has 4 nitrogen and oxygen atoms in total. The van der Waals surface area contributed by atoms with E-state index < -0.39 is 0 Å². The average Bonchev–Trinajstić information content (AvgIpc) is 3.59. The molecule has 2 atom stereocenters. The van der Waals surface area contributed by atoms with Crippen molar-refractivity contribution in [2.45, 2.75) is 45.2 Å². The Morgan fingerprint density at radius 2 is 1.73 bits per heavy atom. The fourth-order valence-corrected chi connectivity index (χ4v) is 4.18. The first-order chi connectivity index (χ1) is 14.4. The first-order valence-corrected chi connectivity index (χ1v) is 10.5. The van der Waals surface area contributed by atoms with Gasteiger partial charge in [0.1, 0.15) is 11.6 Å². The molecule has 0 unspecified atom stereocenters. The Labute approximate surface area is 175 Å². The van der Waals surface area contributed by atoms with Crippen LogP contribution in [0.3, 0.4) is 0 Å². The first-order valence-electron chi connectivity index (χ1n) is 10.5. The quantitative estimate of drug-likeness (QED) is 0.797. The van der Waals surface area contributed by atoms with Crippen molar-refractivity contribution in [1.82, 2.24) is 10.2 Å². The van der Waals surface area contributed by atoms with E-state index in [1.807, 2.05) is 0 Å². The fourth-order valence-electron chi connectivity index (χ4n) is 4.18. The van der Waals surface area contributed by atoms with Gasteiger partial charge in [-0.1, -0.05) is 30.3 Å². The molecule has 2 aromatic carbocycles. The van der Waals surface area contributed by atoms with Gasteiger partial charge < -0.3 is 10.2 Å². The fraction of sp³-hybridized carbons (Fsp3) is 0.417. The number of hydrogen-bond acceptors (Lipinski definition) is 2. The van der Waals surface area contributed by atoms with Crippen molar-refractivity contribution in [1.29, 1.82) is 0 Å². The Balaban J connectivity index is 1.47. The molecule has 1 aliphatic heterocycles. The van der Waals surface area contributed by atoms with Gasteiger partial charge in [0.25, 0.3) is 0 Å². The summed E-state index contributed by atoms with van der Waals surface area (Å²) in [6, 6.07) is 11.2. The van der Waals surface area contributed by atoms with Gasteiger partial charge in [-0.15, -0.1) is 0 Å². The van der Waals surface area contributed by atoms with Crippen LogP contribution in [0.2, 0.25) is 0 Å². The molecule has 0 bridgehead atoms.